The van der Waals surface area contributed by atoms with Crippen molar-refractivity contribution in [2.75, 3.05) is 27.4 Å². The topological polar surface area (TPSA) is 391 Å². The predicted octanol–water partition coefficient (Wildman–Crippen LogP) is 11.5. The molecule has 0 amide bonds. The first-order valence-electron chi connectivity index (χ1n) is 41.9. The Labute approximate surface area is 730 Å². The summed E-state index contributed by atoms with van der Waals surface area (Å²) in [6.07, 6.45) is -15.6. The average Bonchev–Trinajstić information content (AvgIpc) is 0.783. The van der Waals surface area contributed by atoms with Gasteiger partial charge in [0, 0.05) is 65.2 Å². The van der Waals surface area contributed by atoms with E-state index in [9.17, 15) is 49.3 Å². The number of carbonyl (C=O) groups excluding carboxylic acids is 4. The van der Waals surface area contributed by atoms with Crippen molar-refractivity contribution in [3.8, 4) is 11.5 Å². The predicted molar refractivity (Wildman–Crippen MR) is 450 cm³/mol. The second-order valence-electron chi connectivity index (χ2n) is 30.6. The number of rotatable bonds is 29. The molecule has 6 saturated heterocycles. The summed E-state index contributed by atoms with van der Waals surface area (Å²) in [6.45, 7) is 18.2. The van der Waals surface area contributed by atoms with Gasteiger partial charge in [0.15, 0.2) is 31.3 Å². The number of ether oxygens (including phenoxy) is 17. The molecular formula is C93H121O31P. The summed E-state index contributed by atoms with van der Waals surface area (Å²) in [4.78, 5) is 46.5. The number of fused-ring (bicyclic) bond motifs is 1. The molecule has 26 atom stereocenters. The highest BCUT2D eigenvalue weighted by molar-refractivity contribution is 7.49. The van der Waals surface area contributed by atoms with E-state index < -0.39 is 156 Å². The van der Waals surface area contributed by atoms with Crippen LogP contribution in [0.2, 0.25) is 0 Å². The van der Waals surface area contributed by atoms with E-state index in [1.165, 1.54) is 41.9 Å². The highest BCUT2D eigenvalue weighted by atomic mass is 31.2. The third-order valence-electron chi connectivity index (χ3n) is 21.4. The van der Waals surface area contributed by atoms with E-state index in [0.717, 1.165) is 34.2 Å². The van der Waals surface area contributed by atoms with Crippen LogP contribution in [0.5, 0.6) is 11.5 Å². The van der Waals surface area contributed by atoms with E-state index in [0.29, 0.717) is 50.8 Å². The number of hydrogen-bond donors (Lipinski definition) is 6. The highest BCUT2D eigenvalue weighted by Gasteiger charge is 2.54. The van der Waals surface area contributed by atoms with Crippen LogP contribution in [-0.4, -0.2) is 217 Å². The smallest absolute Gasteiger partial charge is 0.459 e. The fraction of sp³-hybridized carbons (Fsp3) is 0.505. The minimum absolute atomic E-state index is 0.0435. The second kappa shape index (κ2) is 50.9. The molecule has 0 radical (unpaired) electrons. The fourth-order valence-corrected chi connectivity index (χ4v) is 16.3. The monoisotopic (exact) mass is 1760 g/mol. The lowest BCUT2D eigenvalue weighted by molar-refractivity contribution is -0.363. The molecule has 6 aliphatic rings. The summed E-state index contributed by atoms with van der Waals surface area (Å²) < 4.78 is 128. The van der Waals surface area contributed by atoms with Gasteiger partial charge in [0.25, 0.3) is 0 Å². The molecule has 0 unspecified atom stereocenters. The Hall–Kier alpha value is -8.55. The lowest BCUT2D eigenvalue weighted by Gasteiger charge is -2.47. The fourth-order valence-electron chi connectivity index (χ4n) is 15.0. The van der Waals surface area contributed by atoms with E-state index in [1.807, 2.05) is 205 Å². The maximum atomic E-state index is 14.1. The van der Waals surface area contributed by atoms with Crippen molar-refractivity contribution in [2.24, 2.45) is 17.8 Å². The molecular weight excluding hydrogens is 1640 g/mol. The second-order valence-corrected chi connectivity index (χ2v) is 32.0. The molecule has 13 rings (SSSR count). The molecule has 0 aliphatic carbocycles. The quantitative estimate of drug-likeness (QED) is 0.0144. The summed E-state index contributed by atoms with van der Waals surface area (Å²) in [6, 6.07) is 65.4. The molecule has 7 aromatic carbocycles. The third-order valence-corrected chi connectivity index (χ3v) is 22.8. The van der Waals surface area contributed by atoms with E-state index in [1.54, 1.807) is 48.5 Å². The first kappa shape index (κ1) is 100. The molecule has 7 aromatic rings. The van der Waals surface area contributed by atoms with E-state index in [2.05, 4.69) is 0 Å². The van der Waals surface area contributed by atoms with Crippen molar-refractivity contribution in [3.05, 3.63) is 240 Å². The van der Waals surface area contributed by atoms with Crippen molar-refractivity contribution < 1.29 is 148 Å². The van der Waals surface area contributed by atoms with Crippen LogP contribution in [0.3, 0.4) is 0 Å². The standard InChI is InChI=1S/C29H33O8P.C21H24O6.C19H26O6.C17H24O5.C7H14O6/c1-4-26-21(2)27(33-22(3)30)28(32-20-23-14-8-5-9-15-23)29(34-26)37-38(31,35-24-16-10-6-11-17-24)36-25-18-12-7-13-19-25;1-23-21-19(24-12-14-8-4-2-5-9-14)17(22)18-16(26-21)13-25-20(27-18)15-10-6-3-7-11-15;1-5-16-12(2)17(23-13(3)20)18(19(25-16)24-14(4)21)22-11-15-9-7-6-8-10-15;1-4-14-11(2)15(21-12(3)18)16(17(19)22-14)20-10-13-8-6-5-7-9-13;1-12-7-6(11)5(10)4(9)3(2-8)13-7/h5-19,21,26-29H,4,20H2,1-3H3;2-11,16-22H,12-13H2,1H3;6-10,12,16-19H,5,11H2,1-4H3;5-9,11,14-17,19H,4,10H2,1-3H3;3-11H,2H2,1H3/t21-,26-,27+,28+,29-;16-,17+,18-,19+,20-,21+;12-,16-,17+,18+,19+;11-,14-,15+,16+,17+;3-,4-,5+,6+,7+/m11111/s1. The Morgan fingerprint density at radius 3 is 1.12 bits per heavy atom. The van der Waals surface area contributed by atoms with Crippen molar-refractivity contribution in [1.29, 1.82) is 0 Å². The van der Waals surface area contributed by atoms with Gasteiger partial charge in [0.1, 0.15) is 90.9 Å². The molecule has 0 bridgehead atoms. The normalized spacial score (nSPS) is 30.5. The van der Waals surface area contributed by atoms with Crippen LogP contribution in [0.15, 0.2) is 212 Å². The molecule has 32 heteroatoms. The zero-order valence-electron chi connectivity index (χ0n) is 72.4. The molecule has 6 fully saturated rings. The molecule has 0 saturated carbocycles. The molecule has 31 nitrogen and oxygen atoms in total. The van der Waals surface area contributed by atoms with E-state index in [4.69, 9.17) is 99.2 Å². The molecule has 6 heterocycles. The SMILES string of the molecule is CC[C@H]1O[C@H](O)[C@@H](OCc2ccccc2)[C@@H](OC(C)=O)[C@@H]1C.CC[C@H]1O[C@H](OC(C)=O)[C@@H](OCc2ccccc2)[C@@H](OC(C)=O)[C@@H]1C.CC[C@H]1O[C@H](OP(=O)(Oc2ccccc2)Oc2ccccc2)[C@@H](OCc2ccccc2)[C@@H](OC(C)=O)[C@@H]1C.CO[C@H]1O[C@@H]2CO[C@@H](c3ccccc3)O[C@H]2[C@H](O)[C@@H]1OCc1ccccc1.CO[C@H]1O[C@H](CO)[C@@H](O)[C@H](O)[C@@H]1O. The Morgan fingerprint density at radius 1 is 0.376 bits per heavy atom. The number of esters is 4. The molecule has 6 N–H and O–H groups in total. The van der Waals surface area contributed by atoms with Gasteiger partial charge in [-0.1, -0.05) is 230 Å². The maximum Gasteiger partial charge on any atom is 0.590 e. The van der Waals surface area contributed by atoms with E-state index in [-0.39, 0.29) is 48.6 Å². The Balaban J connectivity index is 0.000000183. The average molecular weight is 1770 g/mol. The van der Waals surface area contributed by atoms with Crippen LogP contribution < -0.4 is 9.05 Å². The number of methoxy groups -OCH3 is 2. The number of hydrogen-bond acceptors (Lipinski definition) is 31. The van der Waals surface area contributed by atoms with Crippen molar-refractivity contribution >= 4 is 31.7 Å². The highest BCUT2D eigenvalue weighted by Crippen LogP contribution is 2.53. The minimum Gasteiger partial charge on any atom is -0.459 e. The third kappa shape index (κ3) is 29.8. The molecule has 0 aromatic heterocycles. The first-order valence-corrected chi connectivity index (χ1v) is 43.4. The lowest BCUT2D eigenvalue weighted by atomic mass is 9.89. The molecule has 125 heavy (non-hydrogen) atoms. The molecule has 6 aliphatic heterocycles. The van der Waals surface area contributed by atoms with Gasteiger partial charge in [-0.15, -0.1) is 0 Å². The summed E-state index contributed by atoms with van der Waals surface area (Å²) in [5.41, 5.74) is 4.77. The van der Waals surface area contributed by atoms with Crippen LogP contribution in [0.1, 0.15) is 123 Å². The number of aliphatic hydroxyl groups is 6. The first-order chi connectivity index (χ1) is 60.2. The van der Waals surface area contributed by atoms with Crippen LogP contribution in [0, 0.1) is 17.8 Å². The van der Waals surface area contributed by atoms with Gasteiger partial charge >= 0.3 is 31.7 Å². The number of phosphoric acid groups is 1. The van der Waals surface area contributed by atoms with Crippen LogP contribution in [0.25, 0.3) is 0 Å². The summed E-state index contributed by atoms with van der Waals surface area (Å²) in [7, 11) is -1.49. The Kier molecular flexibility index (Phi) is 40.8. The zero-order valence-corrected chi connectivity index (χ0v) is 73.3. The summed E-state index contributed by atoms with van der Waals surface area (Å²) >= 11 is 0. The minimum atomic E-state index is -4.33. The van der Waals surface area contributed by atoms with E-state index >= 15 is 0 Å². The number of benzene rings is 7. The molecule has 684 valence electrons. The largest absolute Gasteiger partial charge is 0.590 e. The van der Waals surface area contributed by atoms with Gasteiger partial charge in [-0.3, -0.25) is 19.2 Å². The van der Waals surface area contributed by atoms with Gasteiger partial charge in [-0.2, -0.15) is 0 Å². The summed E-state index contributed by atoms with van der Waals surface area (Å²) in [5.74, 6) is -1.46. The number of para-hydroxylation sites is 2. The van der Waals surface area contributed by atoms with Crippen molar-refractivity contribution in [1.82, 2.24) is 0 Å². The Bertz CT molecular complexity index is 4220. The van der Waals surface area contributed by atoms with Gasteiger partial charge < -0.3 is 120 Å². The zero-order chi connectivity index (χ0) is 90.1. The Morgan fingerprint density at radius 2 is 0.728 bits per heavy atom. The van der Waals surface area contributed by atoms with Gasteiger partial charge in [-0.05, 0) is 65.8 Å². The lowest BCUT2D eigenvalue weighted by Crippen LogP contribution is -2.62. The van der Waals surface area contributed by atoms with Crippen LogP contribution in [-0.2, 0) is 135 Å². The summed E-state index contributed by atoms with van der Waals surface area (Å²) in [5, 5.41) is 57.7. The van der Waals surface area contributed by atoms with Gasteiger partial charge in [-0.25, -0.2) is 9.09 Å². The van der Waals surface area contributed by atoms with Crippen molar-refractivity contribution in [3.63, 3.8) is 0 Å². The van der Waals surface area contributed by atoms with Gasteiger partial charge in [0.2, 0.25) is 12.6 Å². The number of phosphoric ester groups is 1. The van der Waals surface area contributed by atoms with Crippen LogP contribution >= 0.6 is 7.82 Å². The van der Waals surface area contributed by atoms with Crippen LogP contribution in [0.4, 0.5) is 0 Å². The number of aliphatic hydroxyl groups excluding tert-OH is 6. The van der Waals surface area contributed by atoms with Gasteiger partial charge in [0.05, 0.1) is 58.0 Å². The number of carbonyl (C=O) groups is 4. The van der Waals surface area contributed by atoms with Crippen molar-refractivity contribution in [2.45, 2.75) is 256 Å². The molecule has 0 spiro atoms. The maximum absolute atomic E-state index is 14.1.